The van der Waals surface area contributed by atoms with Crippen LogP contribution >= 0.6 is 0 Å². The molecule has 2 aromatic rings. The smallest absolute Gasteiger partial charge is 0.244 e. The first-order chi connectivity index (χ1) is 11.6. The van der Waals surface area contributed by atoms with Gasteiger partial charge in [-0.15, -0.1) is 0 Å². The number of aromatic nitrogens is 2. The number of amides is 1. The SMILES string of the molecule is Cc1cc(NC(=O)CNc2cc(S(=O)(=O)N(C)C)ccc2C)n(C)n1. The van der Waals surface area contributed by atoms with Crippen molar-refractivity contribution in [2.75, 3.05) is 31.3 Å². The van der Waals surface area contributed by atoms with Crippen LogP contribution in [0.2, 0.25) is 0 Å². The summed E-state index contributed by atoms with van der Waals surface area (Å²) in [5, 5.41) is 9.90. The first kappa shape index (κ1) is 18.9. The van der Waals surface area contributed by atoms with E-state index in [-0.39, 0.29) is 17.3 Å². The predicted octanol–water partition coefficient (Wildman–Crippen LogP) is 1.34. The zero-order valence-electron chi connectivity index (χ0n) is 15.0. The number of carbonyl (C=O) groups excluding carboxylic acids is 1. The molecule has 136 valence electrons. The van der Waals surface area contributed by atoms with Gasteiger partial charge in [0.05, 0.1) is 17.1 Å². The van der Waals surface area contributed by atoms with Crippen LogP contribution in [0.3, 0.4) is 0 Å². The highest BCUT2D eigenvalue weighted by Gasteiger charge is 2.18. The molecule has 0 spiro atoms. The summed E-state index contributed by atoms with van der Waals surface area (Å²) in [6.45, 7) is 3.70. The van der Waals surface area contributed by atoms with Crippen LogP contribution in [-0.4, -0.2) is 49.1 Å². The van der Waals surface area contributed by atoms with E-state index >= 15 is 0 Å². The molecule has 0 saturated carbocycles. The maximum atomic E-state index is 12.2. The largest absolute Gasteiger partial charge is 0.376 e. The van der Waals surface area contributed by atoms with E-state index in [0.717, 1.165) is 15.6 Å². The molecule has 0 aliphatic carbocycles. The summed E-state index contributed by atoms with van der Waals surface area (Å²) in [4.78, 5) is 12.3. The Morgan fingerprint density at radius 1 is 1.24 bits per heavy atom. The number of hydrogen-bond donors (Lipinski definition) is 2. The van der Waals surface area contributed by atoms with Crippen LogP contribution in [0.5, 0.6) is 0 Å². The number of rotatable bonds is 6. The Labute approximate surface area is 147 Å². The maximum absolute atomic E-state index is 12.2. The summed E-state index contributed by atoms with van der Waals surface area (Å²) in [5.41, 5.74) is 2.25. The molecule has 0 atom stereocenters. The van der Waals surface area contributed by atoms with Crippen molar-refractivity contribution in [1.82, 2.24) is 14.1 Å². The van der Waals surface area contributed by atoms with Crippen molar-refractivity contribution in [2.24, 2.45) is 7.05 Å². The fraction of sp³-hybridized carbons (Fsp3) is 0.375. The van der Waals surface area contributed by atoms with Crippen molar-refractivity contribution in [2.45, 2.75) is 18.7 Å². The van der Waals surface area contributed by atoms with Crippen LogP contribution in [0.15, 0.2) is 29.2 Å². The summed E-state index contributed by atoms with van der Waals surface area (Å²) in [6, 6.07) is 6.56. The van der Waals surface area contributed by atoms with Gasteiger partial charge < -0.3 is 10.6 Å². The van der Waals surface area contributed by atoms with E-state index in [1.54, 1.807) is 29.9 Å². The van der Waals surface area contributed by atoms with Crippen LogP contribution < -0.4 is 10.6 Å². The van der Waals surface area contributed by atoms with E-state index in [1.165, 1.54) is 20.2 Å². The molecule has 8 nitrogen and oxygen atoms in total. The van der Waals surface area contributed by atoms with Crippen molar-refractivity contribution >= 4 is 27.4 Å². The fourth-order valence-corrected chi connectivity index (χ4v) is 3.18. The molecule has 0 fully saturated rings. The number of nitrogens with zero attached hydrogens (tertiary/aromatic N) is 3. The molecule has 0 unspecified atom stereocenters. The highest BCUT2D eigenvalue weighted by Crippen LogP contribution is 2.21. The normalized spacial score (nSPS) is 11.6. The molecular weight excluding hydrogens is 342 g/mol. The second-order valence-electron chi connectivity index (χ2n) is 5.96. The van der Waals surface area contributed by atoms with Crippen molar-refractivity contribution in [3.05, 3.63) is 35.5 Å². The number of sulfonamides is 1. The summed E-state index contributed by atoms with van der Waals surface area (Å²) in [5.74, 6) is 0.355. The number of carbonyl (C=O) groups is 1. The van der Waals surface area contributed by atoms with Gasteiger partial charge in [-0.2, -0.15) is 5.10 Å². The van der Waals surface area contributed by atoms with E-state index in [0.29, 0.717) is 11.5 Å². The molecule has 0 saturated heterocycles. The van der Waals surface area contributed by atoms with Gasteiger partial charge in [-0.1, -0.05) is 6.07 Å². The van der Waals surface area contributed by atoms with Crippen LogP contribution in [0.25, 0.3) is 0 Å². The molecule has 1 heterocycles. The zero-order chi connectivity index (χ0) is 18.8. The molecule has 1 aromatic heterocycles. The number of aryl methyl sites for hydroxylation is 3. The monoisotopic (exact) mass is 365 g/mol. The van der Waals surface area contributed by atoms with Gasteiger partial charge in [0.1, 0.15) is 5.82 Å². The summed E-state index contributed by atoms with van der Waals surface area (Å²) in [7, 11) is 1.18. The average molecular weight is 365 g/mol. The van der Waals surface area contributed by atoms with Crippen molar-refractivity contribution in [3.8, 4) is 0 Å². The Morgan fingerprint density at radius 2 is 1.92 bits per heavy atom. The van der Waals surface area contributed by atoms with E-state index < -0.39 is 10.0 Å². The number of anilines is 2. The molecule has 0 aliphatic heterocycles. The molecule has 2 rings (SSSR count). The highest BCUT2D eigenvalue weighted by molar-refractivity contribution is 7.89. The third kappa shape index (κ3) is 4.37. The Bertz CT molecular complexity index is 887. The lowest BCUT2D eigenvalue weighted by atomic mass is 10.2. The van der Waals surface area contributed by atoms with E-state index in [4.69, 9.17) is 0 Å². The summed E-state index contributed by atoms with van der Waals surface area (Å²) < 4.78 is 27.2. The van der Waals surface area contributed by atoms with Crippen LogP contribution in [0, 0.1) is 13.8 Å². The molecule has 1 amide bonds. The zero-order valence-corrected chi connectivity index (χ0v) is 15.8. The standard InChI is InChI=1S/C16H23N5O3S/c1-11-6-7-13(25(23,24)20(3)4)9-14(11)17-10-16(22)18-15-8-12(2)19-21(15)5/h6-9,17H,10H2,1-5H3,(H,18,22). The quantitative estimate of drug-likeness (QED) is 0.805. The molecule has 0 aliphatic rings. The van der Waals surface area contributed by atoms with Crippen LogP contribution in [0.4, 0.5) is 11.5 Å². The molecule has 2 N–H and O–H groups in total. The van der Waals surface area contributed by atoms with E-state index in [2.05, 4.69) is 15.7 Å². The first-order valence-electron chi connectivity index (χ1n) is 7.69. The van der Waals surface area contributed by atoms with Gasteiger partial charge in [0, 0.05) is 32.9 Å². The van der Waals surface area contributed by atoms with Crippen molar-refractivity contribution in [1.29, 1.82) is 0 Å². The Balaban J connectivity index is 2.10. The summed E-state index contributed by atoms with van der Waals surface area (Å²) in [6.07, 6.45) is 0. The highest BCUT2D eigenvalue weighted by atomic mass is 32.2. The second kappa shape index (κ2) is 7.24. The molecule has 9 heteroatoms. The molecule has 0 bridgehead atoms. The Morgan fingerprint density at radius 3 is 2.48 bits per heavy atom. The Kier molecular flexibility index (Phi) is 5.48. The van der Waals surface area contributed by atoms with E-state index in [9.17, 15) is 13.2 Å². The van der Waals surface area contributed by atoms with Gasteiger partial charge in [-0.05, 0) is 31.5 Å². The number of benzene rings is 1. The van der Waals surface area contributed by atoms with Gasteiger partial charge in [-0.3, -0.25) is 9.48 Å². The number of nitrogens with one attached hydrogen (secondary N) is 2. The van der Waals surface area contributed by atoms with Gasteiger partial charge >= 0.3 is 0 Å². The third-order valence-corrected chi connectivity index (χ3v) is 5.51. The molecule has 0 radical (unpaired) electrons. The minimum atomic E-state index is -3.52. The lowest BCUT2D eigenvalue weighted by Gasteiger charge is -2.15. The third-order valence-electron chi connectivity index (χ3n) is 3.70. The van der Waals surface area contributed by atoms with Gasteiger partial charge in [0.2, 0.25) is 15.9 Å². The lowest BCUT2D eigenvalue weighted by Crippen LogP contribution is -2.24. The average Bonchev–Trinajstić information content (AvgIpc) is 2.83. The van der Waals surface area contributed by atoms with Crippen molar-refractivity contribution in [3.63, 3.8) is 0 Å². The topological polar surface area (TPSA) is 96.3 Å². The van der Waals surface area contributed by atoms with Crippen LogP contribution in [-0.2, 0) is 21.9 Å². The minimum Gasteiger partial charge on any atom is -0.376 e. The molecule has 1 aromatic carbocycles. The summed E-state index contributed by atoms with van der Waals surface area (Å²) >= 11 is 0. The Hall–Kier alpha value is -2.39. The fourth-order valence-electron chi connectivity index (χ4n) is 2.25. The van der Waals surface area contributed by atoms with Crippen LogP contribution in [0.1, 0.15) is 11.3 Å². The minimum absolute atomic E-state index is 0.0104. The molecular formula is C16H23N5O3S. The van der Waals surface area contributed by atoms with Gasteiger partial charge in [0.15, 0.2) is 0 Å². The maximum Gasteiger partial charge on any atom is 0.244 e. The second-order valence-corrected chi connectivity index (χ2v) is 8.11. The lowest BCUT2D eigenvalue weighted by molar-refractivity contribution is -0.114. The van der Waals surface area contributed by atoms with Crippen molar-refractivity contribution < 1.29 is 13.2 Å². The van der Waals surface area contributed by atoms with E-state index in [1.807, 2.05) is 13.8 Å². The number of hydrogen-bond acceptors (Lipinski definition) is 5. The van der Waals surface area contributed by atoms with Gasteiger partial charge in [-0.25, -0.2) is 12.7 Å². The molecule has 25 heavy (non-hydrogen) atoms. The van der Waals surface area contributed by atoms with Gasteiger partial charge in [0.25, 0.3) is 0 Å². The first-order valence-corrected chi connectivity index (χ1v) is 9.13. The predicted molar refractivity (Wildman–Crippen MR) is 97.1 cm³/mol.